The maximum Gasteiger partial charge on any atom is 0.340 e. The number of aliphatic hydroxyl groups excluding tert-OH is 5. The second-order valence-electron chi connectivity index (χ2n) is 8.37. The first-order valence-corrected chi connectivity index (χ1v) is 10.5. The first-order valence-electron chi connectivity index (χ1n) is 10.5. The van der Waals surface area contributed by atoms with Gasteiger partial charge < -0.3 is 39.3 Å². The van der Waals surface area contributed by atoms with Crippen LogP contribution >= 0.6 is 0 Å². The van der Waals surface area contributed by atoms with Crippen LogP contribution in [0.5, 0.6) is 0 Å². The van der Waals surface area contributed by atoms with Crippen molar-refractivity contribution in [3.63, 3.8) is 0 Å². The van der Waals surface area contributed by atoms with Gasteiger partial charge in [-0.25, -0.2) is 4.79 Å². The number of hydrogen-bond donors (Lipinski definition) is 5. The summed E-state index contributed by atoms with van der Waals surface area (Å²) in [6.07, 6.45) is -7.12. The number of amides is 1. The predicted molar refractivity (Wildman–Crippen MR) is 119 cm³/mol. The topological polar surface area (TPSA) is 165 Å². The van der Waals surface area contributed by atoms with Crippen LogP contribution in [-0.4, -0.2) is 81.0 Å². The zero-order valence-corrected chi connectivity index (χ0v) is 18.9. The van der Waals surface area contributed by atoms with Gasteiger partial charge in [-0.3, -0.25) is 4.79 Å². The van der Waals surface area contributed by atoms with Crippen LogP contribution in [0.3, 0.4) is 0 Å². The van der Waals surface area contributed by atoms with Crippen LogP contribution in [0, 0.1) is 20.8 Å². The lowest BCUT2D eigenvalue weighted by Crippen LogP contribution is -2.50. The lowest BCUT2D eigenvalue weighted by molar-refractivity contribution is -0.137. The van der Waals surface area contributed by atoms with Crippen molar-refractivity contribution in [3.8, 4) is 0 Å². The molecule has 10 nitrogen and oxygen atoms in total. The molecule has 180 valence electrons. The standard InChI is InChI=1S/C23H29NO9/c1-10-12(3)32-18-7-19-14(5-13(10)18)11(2)15(23(31)33-19)6-20(28)24(4)8-16(26)21(29)22(30)17(27)9-25/h5,7,16-17,21-22,25-27,29-30H,6,8-9H2,1-4H3/t16-,17-,21-,22+/m0/s1. The number of rotatable bonds is 8. The molecule has 0 aliphatic rings. The minimum atomic E-state index is -1.80. The Bertz CT molecular complexity index is 1230. The van der Waals surface area contributed by atoms with Gasteiger partial charge in [-0.05, 0) is 38.0 Å². The molecule has 2 aromatic heterocycles. The van der Waals surface area contributed by atoms with Crippen molar-refractivity contribution in [1.82, 2.24) is 4.90 Å². The van der Waals surface area contributed by atoms with Crippen molar-refractivity contribution < 1.29 is 39.2 Å². The van der Waals surface area contributed by atoms with E-state index in [-0.39, 0.29) is 18.5 Å². The van der Waals surface area contributed by atoms with Crippen LogP contribution in [0.1, 0.15) is 22.5 Å². The largest absolute Gasteiger partial charge is 0.461 e. The highest BCUT2D eigenvalue weighted by Crippen LogP contribution is 2.31. The molecule has 5 N–H and O–H groups in total. The number of fused-ring (bicyclic) bond motifs is 2. The van der Waals surface area contributed by atoms with Crippen molar-refractivity contribution in [3.05, 3.63) is 45.0 Å². The van der Waals surface area contributed by atoms with E-state index in [1.54, 1.807) is 13.0 Å². The Kier molecular flexibility index (Phi) is 7.25. The van der Waals surface area contributed by atoms with Gasteiger partial charge in [-0.15, -0.1) is 0 Å². The van der Waals surface area contributed by atoms with E-state index in [1.807, 2.05) is 19.9 Å². The second-order valence-corrected chi connectivity index (χ2v) is 8.37. The molecule has 0 spiro atoms. The summed E-state index contributed by atoms with van der Waals surface area (Å²) < 4.78 is 11.1. The molecule has 1 aromatic carbocycles. The molecule has 0 saturated carbocycles. The summed E-state index contributed by atoms with van der Waals surface area (Å²) in [7, 11) is 1.37. The summed E-state index contributed by atoms with van der Waals surface area (Å²) in [5, 5.41) is 49.6. The minimum absolute atomic E-state index is 0.169. The van der Waals surface area contributed by atoms with E-state index in [4.69, 9.17) is 13.9 Å². The Hall–Kier alpha value is -2.76. The van der Waals surface area contributed by atoms with Gasteiger partial charge in [0.05, 0.1) is 18.6 Å². The van der Waals surface area contributed by atoms with Gasteiger partial charge in [-0.2, -0.15) is 0 Å². The number of aliphatic hydroxyl groups is 5. The molecular weight excluding hydrogens is 434 g/mol. The molecular formula is C23H29NO9. The number of carbonyl (C=O) groups is 1. The first-order chi connectivity index (χ1) is 15.5. The van der Waals surface area contributed by atoms with Crippen LogP contribution in [-0.2, 0) is 11.2 Å². The van der Waals surface area contributed by atoms with Gasteiger partial charge in [0.2, 0.25) is 5.91 Å². The van der Waals surface area contributed by atoms with Gasteiger partial charge in [0.25, 0.3) is 0 Å². The predicted octanol–water partition coefficient (Wildman–Crippen LogP) is -0.0987. The zero-order valence-electron chi connectivity index (χ0n) is 18.9. The minimum Gasteiger partial charge on any atom is -0.461 e. The van der Waals surface area contributed by atoms with Crippen molar-refractivity contribution >= 4 is 27.8 Å². The van der Waals surface area contributed by atoms with Gasteiger partial charge >= 0.3 is 5.63 Å². The monoisotopic (exact) mass is 463 g/mol. The Morgan fingerprint density at radius 2 is 1.52 bits per heavy atom. The van der Waals surface area contributed by atoms with Crippen LogP contribution in [0.15, 0.2) is 25.8 Å². The van der Waals surface area contributed by atoms with Gasteiger partial charge in [-0.1, -0.05) is 0 Å². The molecule has 0 aliphatic carbocycles. The highest BCUT2D eigenvalue weighted by molar-refractivity contribution is 5.97. The van der Waals surface area contributed by atoms with Crippen LogP contribution in [0.4, 0.5) is 0 Å². The Balaban J connectivity index is 1.83. The maximum atomic E-state index is 12.7. The average Bonchev–Trinajstić information content (AvgIpc) is 3.06. The quantitative estimate of drug-likeness (QED) is 0.287. The summed E-state index contributed by atoms with van der Waals surface area (Å²) in [4.78, 5) is 26.4. The van der Waals surface area contributed by atoms with E-state index in [1.165, 1.54) is 7.05 Å². The number of likely N-dealkylation sites (N-methyl/N-ethyl adjacent to an activating group) is 1. The summed E-state index contributed by atoms with van der Waals surface area (Å²) >= 11 is 0. The molecule has 10 heteroatoms. The molecule has 0 bridgehead atoms. The van der Waals surface area contributed by atoms with E-state index < -0.39 is 42.6 Å². The van der Waals surface area contributed by atoms with E-state index in [0.717, 1.165) is 21.6 Å². The molecule has 3 aromatic rings. The molecule has 2 heterocycles. The summed E-state index contributed by atoms with van der Waals surface area (Å²) in [6.45, 7) is 4.32. The number of hydrogen-bond acceptors (Lipinski definition) is 9. The highest BCUT2D eigenvalue weighted by atomic mass is 16.4. The molecule has 1 amide bonds. The SMILES string of the molecule is Cc1oc2cc3oc(=O)c(CC(=O)N(C)C[C@H](O)[C@H](O)[C@H](O)[C@@H](O)CO)c(C)c3cc2c1C. The molecule has 0 saturated heterocycles. The normalized spacial score (nSPS) is 15.5. The van der Waals surface area contributed by atoms with Gasteiger partial charge in [0.15, 0.2) is 0 Å². The number of aryl methyl sites for hydroxylation is 3. The molecule has 0 aliphatic heterocycles. The number of carbonyl (C=O) groups excluding carboxylic acids is 1. The fraction of sp³-hybridized carbons (Fsp3) is 0.478. The fourth-order valence-electron chi connectivity index (χ4n) is 3.77. The van der Waals surface area contributed by atoms with Crippen LogP contribution in [0.25, 0.3) is 21.9 Å². The van der Waals surface area contributed by atoms with Crippen molar-refractivity contribution in [2.45, 2.75) is 51.6 Å². The van der Waals surface area contributed by atoms with Crippen LogP contribution in [0.2, 0.25) is 0 Å². The number of furan rings is 1. The summed E-state index contributed by atoms with van der Waals surface area (Å²) in [5.74, 6) is 0.235. The zero-order chi connectivity index (χ0) is 24.6. The van der Waals surface area contributed by atoms with E-state index in [2.05, 4.69) is 0 Å². The third-order valence-electron chi connectivity index (χ3n) is 6.12. The molecule has 4 atom stereocenters. The lowest BCUT2D eigenvalue weighted by atomic mass is 10.0. The second kappa shape index (κ2) is 9.62. The Morgan fingerprint density at radius 3 is 2.15 bits per heavy atom. The molecule has 0 unspecified atom stereocenters. The Morgan fingerprint density at radius 1 is 0.939 bits per heavy atom. The van der Waals surface area contributed by atoms with Crippen molar-refractivity contribution in [2.24, 2.45) is 0 Å². The van der Waals surface area contributed by atoms with E-state index in [0.29, 0.717) is 22.1 Å². The molecule has 33 heavy (non-hydrogen) atoms. The van der Waals surface area contributed by atoms with Gasteiger partial charge in [0, 0.05) is 30.4 Å². The van der Waals surface area contributed by atoms with Crippen molar-refractivity contribution in [1.29, 1.82) is 0 Å². The highest BCUT2D eigenvalue weighted by Gasteiger charge is 2.31. The average molecular weight is 463 g/mol. The summed E-state index contributed by atoms with van der Waals surface area (Å²) in [6, 6.07) is 3.51. The maximum absolute atomic E-state index is 12.7. The smallest absolute Gasteiger partial charge is 0.340 e. The Labute approximate surface area is 189 Å². The lowest BCUT2D eigenvalue weighted by Gasteiger charge is -2.28. The molecule has 0 radical (unpaired) electrons. The molecule has 3 rings (SSSR count). The van der Waals surface area contributed by atoms with E-state index >= 15 is 0 Å². The number of nitrogens with zero attached hydrogens (tertiary/aromatic N) is 1. The first kappa shape index (κ1) is 24.9. The van der Waals surface area contributed by atoms with Gasteiger partial charge in [0.1, 0.15) is 41.3 Å². The fourth-order valence-corrected chi connectivity index (χ4v) is 3.77. The third-order valence-corrected chi connectivity index (χ3v) is 6.12. The molecule has 0 fully saturated rings. The number of benzene rings is 1. The van der Waals surface area contributed by atoms with Crippen LogP contribution < -0.4 is 5.63 Å². The summed E-state index contributed by atoms with van der Waals surface area (Å²) in [5.41, 5.74) is 2.01. The third kappa shape index (κ3) is 4.80. The van der Waals surface area contributed by atoms with E-state index in [9.17, 15) is 30.0 Å². The van der Waals surface area contributed by atoms with Crippen molar-refractivity contribution in [2.75, 3.05) is 20.2 Å².